The van der Waals surface area contributed by atoms with E-state index in [9.17, 15) is 9.59 Å². The Labute approximate surface area is 266 Å². The lowest BCUT2D eigenvalue weighted by Crippen LogP contribution is -2.47. The lowest BCUT2D eigenvalue weighted by atomic mass is 9.90. The molecule has 8 heteroatoms. The lowest BCUT2D eigenvalue weighted by molar-refractivity contribution is -0.116. The first-order valence-electron chi connectivity index (χ1n) is 15.6. The molecule has 1 heterocycles. The molecule has 0 radical (unpaired) electrons. The molecule has 0 saturated carbocycles. The number of nitrogens with one attached hydrogen (secondary N) is 2. The Bertz CT molecular complexity index is 1500. The molecule has 1 fully saturated rings. The molecule has 4 aromatic carbocycles. The van der Waals surface area contributed by atoms with Crippen LogP contribution in [0, 0.1) is 0 Å². The highest BCUT2D eigenvalue weighted by Crippen LogP contribution is 2.32. The van der Waals surface area contributed by atoms with Gasteiger partial charge in [0.05, 0.1) is 24.3 Å². The van der Waals surface area contributed by atoms with Crippen molar-refractivity contribution in [1.29, 1.82) is 0 Å². The van der Waals surface area contributed by atoms with Crippen molar-refractivity contribution in [1.82, 2.24) is 5.32 Å². The Morgan fingerprint density at radius 2 is 1.38 bits per heavy atom. The summed E-state index contributed by atoms with van der Waals surface area (Å²) < 4.78 is 11.0. The normalized spacial score (nSPS) is 13.0. The standard InChI is InChI=1S/C37H42N4O4/c1-3-45-26-12-21-38-36(42)31-27-30(39-37(43)35(28-13-6-4-7-14-28)29-15-8-5-9-16-29)19-20-32(31)40-22-24-41(25-23-40)33-17-10-11-18-34(33)44-2/h4-11,13-20,27,35H,3,12,21-26H2,1-2H3,(H,38,42)(H,39,43). The zero-order chi connectivity index (χ0) is 31.4. The summed E-state index contributed by atoms with van der Waals surface area (Å²) in [6.45, 7) is 6.72. The minimum absolute atomic E-state index is 0.159. The van der Waals surface area contributed by atoms with Crippen LogP contribution in [0.3, 0.4) is 0 Å². The SMILES string of the molecule is CCOCCCNC(=O)c1cc(NC(=O)C(c2ccccc2)c2ccccc2)ccc1N1CCN(c2ccccc2OC)CC1. The maximum Gasteiger partial charge on any atom is 0.253 e. The van der Waals surface area contributed by atoms with Gasteiger partial charge in [-0.15, -0.1) is 0 Å². The molecule has 5 rings (SSSR count). The predicted molar refractivity (Wildman–Crippen MR) is 181 cm³/mol. The molecule has 0 aromatic heterocycles. The third-order valence-electron chi connectivity index (χ3n) is 8.04. The van der Waals surface area contributed by atoms with Crippen LogP contribution in [0.25, 0.3) is 0 Å². The van der Waals surface area contributed by atoms with Gasteiger partial charge in [-0.2, -0.15) is 0 Å². The fraction of sp³-hybridized carbons (Fsp3) is 0.297. The summed E-state index contributed by atoms with van der Waals surface area (Å²) in [5.74, 6) is 0.0227. The van der Waals surface area contributed by atoms with Gasteiger partial charge in [0, 0.05) is 57.3 Å². The molecule has 2 amide bonds. The van der Waals surface area contributed by atoms with Gasteiger partial charge in [-0.05, 0) is 54.8 Å². The second-order valence-corrected chi connectivity index (χ2v) is 10.9. The first-order valence-corrected chi connectivity index (χ1v) is 15.6. The van der Waals surface area contributed by atoms with E-state index in [0.29, 0.717) is 31.0 Å². The molecule has 1 saturated heterocycles. The molecule has 8 nitrogen and oxygen atoms in total. The fourth-order valence-electron chi connectivity index (χ4n) is 5.77. The highest BCUT2D eigenvalue weighted by molar-refractivity contribution is 6.03. The van der Waals surface area contributed by atoms with Gasteiger partial charge in [0.15, 0.2) is 0 Å². The average molecular weight is 607 g/mol. The number of nitrogens with zero attached hydrogens (tertiary/aromatic N) is 2. The summed E-state index contributed by atoms with van der Waals surface area (Å²) in [5, 5.41) is 6.17. The first kappa shape index (κ1) is 31.6. The van der Waals surface area contributed by atoms with Crippen molar-refractivity contribution in [2.45, 2.75) is 19.3 Å². The van der Waals surface area contributed by atoms with E-state index in [1.807, 2.05) is 97.9 Å². The van der Waals surface area contributed by atoms with E-state index >= 15 is 0 Å². The molecule has 2 N–H and O–H groups in total. The van der Waals surface area contributed by atoms with E-state index in [1.165, 1.54) is 0 Å². The van der Waals surface area contributed by atoms with Gasteiger partial charge in [-0.3, -0.25) is 9.59 Å². The van der Waals surface area contributed by atoms with E-state index < -0.39 is 5.92 Å². The molecule has 0 atom stereocenters. The number of anilines is 3. The van der Waals surface area contributed by atoms with Crippen LogP contribution < -0.4 is 25.2 Å². The maximum atomic E-state index is 13.8. The number of hydrogen-bond acceptors (Lipinski definition) is 6. The monoisotopic (exact) mass is 606 g/mol. The van der Waals surface area contributed by atoms with Gasteiger partial charge < -0.3 is 29.9 Å². The maximum absolute atomic E-state index is 13.8. The number of rotatable bonds is 13. The van der Waals surface area contributed by atoms with Gasteiger partial charge >= 0.3 is 0 Å². The number of hydrogen-bond donors (Lipinski definition) is 2. The number of piperazine rings is 1. The molecule has 234 valence electrons. The van der Waals surface area contributed by atoms with Gasteiger partial charge in [-0.25, -0.2) is 0 Å². The summed E-state index contributed by atoms with van der Waals surface area (Å²) in [6, 6.07) is 33.2. The number of benzene rings is 4. The molecule has 1 aliphatic heterocycles. The minimum Gasteiger partial charge on any atom is -0.495 e. The number of methoxy groups -OCH3 is 1. The molecule has 4 aromatic rings. The lowest BCUT2D eigenvalue weighted by Gasteiger charge is -2.38. The third kappa shape index (κ3) is 8.02. The van der Waals surface area contributed by atoms with Crippen molar-refractivity contribution in [3.05, 3.63) is 120 Å². The minimum atomic E-state index is -0.494. The van der Waals surface area contributed by atoms with Gasteiger partial charge in [-0.1, -0.05) is 72.8 Å². The molecule has 1 aliphatic rings. The number of para-hydroxylation sites is 2. The third-order valence-corrected chi connectivity index (χ3v) is 8.04. The van der Waals surface area contributed by atoms with E-state index in [-0.39, 0.29) is 11.8 Å². The van der Waals surface area contributed by atoms with E-state index in [4.69, 9.17) is 9.47 Å². The average Bonchev–Trinajstić information content (AvgIpc) is 3.09. The van der Waals surface area contributed by atoms with Crippen LogP contribution >= 0.6 is 0 Å². The largest absolute Gasteiger partial charge is 0.495 e. The Kier molecular flexibility index (Phi) is 11.1. The van der Waals surface area contributed by atoms with Gasteiger partial charge in [0.25, 0.3) is 5.91 Å². The Hall–Kier alpha value is -4.82. The second kappa shape index (κ2) is 15.8. The van der Waals surface area contributed by atoms with Crippen LogP contribution in [0.1, 0.15) is 40.7 Å². The molecule has 0 spiro atoms. The van der Waals surface area contributed by atoms with E-state index in [0.717, 1.165) is 60.9 Å². The molecule has 45 heavy (non-hydrogen) atoms. The predicted octanol–water partition coefficient (Wildman–Crippen LogP) is 5.95. The molecular weight excluding hydrogens is 564 g/mol. The van der Waals surface area contributed by atoms with Crippen molar-refractivity contribution in [2.24, 2.45) is 0 Å². The van der Waals surface area contributed by atoms with Crippen LogP contribution in [0.2, 0.25) is 0 Å². The highest BCUT2D eigenvalue weighted by atomic mass is 16.5. The Balaban J connectivity index is 1.37. The van der Waals surface area contributed by atoms with Crippen LogP contribution in [-0.2, 0) is 9.53 Å². The Morgan fingerprint density at radius 1 is 0.778 bits per heavy atom. The van der Waals surface area contributed by atoms with Gasteiger partial charge in [0.2, 0.25) is 5.91 Å². The summed E-state index contributed by atoms with van der Waals surface area (Å²) in [6.07, 6.45) is 0.721. The van der Waals surface area contributed by atoms with Crippen LogP contribution in [0.5, 0.6) is 5.75 Å². The summed E-state index contributed by atoms with van der Waals surface area (Å²) in [4.78, 5) is 32.0. The quantitative estimate of drug-likeness (QED) is 0.183. The highest BCUT2D eigenvalue weighted by Gasteiger charge is 2.26. The van der Waals surface area contributed by atoms with Crippen LogP contribution in [0.15, 0.2) is 103 Å². The van der Waals surface area contributed by atoms with Crippen LogP contribution in [0.4, 0.5) is 17.1 Å². The van der Waals surface area contributed by atoms with Crippen molar-refractivity contribution in [3.8, 4) is 5.75 Å². The molecule has 0 unspecified atom stereocenters. The summed E-state index contributed by atoms with van der Waals surface area (Å²) in [5.41, 5.74) is 4.82. The Morgan fingerprint density at radius 3 is 2.00 bits per heavy atom. The van der Waals surface area contributed by atoms with Crippen molar-refractivity contribution in [2.75, 3.05) is 68.2 Å². The molecular formula is C37H42N4O4. The number of ether oxygens (including phenoxy) is 2. The first-order chi connectivity index (χ1) is 22.1. The second-order valence-electron chi connectivity index (χ2n) is 10.9. The zero-order valence-electron chi connectivity index (χ0n) is 26.1. The summed E-state index contributed by atoms with van der Waals surface area (Å²) >= 11 is 0. The van der Waals surface area contributed by atoms with Crippen LogP contribution in [-0.4, -0.2) is 64.9 Å². The number of amides is 2. The van der Waals surface area contributed by atoms with Crippen molar-refractivity contribution >= 4 is 28.9 Å². The number of carbonyl (C=O) groups is 2. The van der Waals surface area contributed by atoms with Crippen molar-refractivity contribution in [3.63, 3.8) is 0 Å². The topological polar surface area (TPSA) is 83.1 Å². The molecule has 0 bridgehead atoms. The van der Waals surface area contributed by atoms with Crippen molar-refractivity contribution < 1.29 is 19.1 Å². The fourth-order valence-corrected chi connectivity index (χ4v) is 5.77. The summed E-state index contributed by atoms with van der Waals surface area (Å²) in [7, 11) is 1.69. The van der Waals surface area contributed by atoms with E-state index in [1.54, 1.807) is 13.2 Å². The number of carbonyl (C=O) groups excluding carboxylic acids is 2. The molecule has 0 aliphatic carbocycles. The smallest absolute Gasteiger partial charge is 0.253 e. The van der Waals surface area contributed by atoms with Gasteiger partial charge in [0.1, 0.15) is 5.75 Å². The zero-order valence-corrected chi connectivity index (χ0v) is 26.1. The van der Waals surface area contributed by atoms with E-state index in [2.05, 4.69) is 26.5 Å².